The molecule has 7 heteroatoms. The standard InChI is InChI=1S/C14H29N5O2/c1-2-21-12-6-8-16-14(18-15)17-9-7-13(20)19-10-4-3-5-11-19/h2-12,15H2,1H3,(H2,16,17,18). The van der Waals surface area contributed by atoms with Crippen LogP contribution in [0.15, 0.2) is 4.99 Å². The summed E-state index contributed by atoms with van der Waals surface area (Å²) in [6.07, 6.45) is 4.80. The van der Waals surface area contributed by atoms with Crippen molar-refractivity contribution in [3.63, 3.8) is 0 Å². The number of nitrogens with zero attached hydrogens (tertiary/aromatic N) is 2. The molecule has 0 aromatic heterocycles. The number of hydrogen-bond acceptors (Lipinski definition) is 4. The van der Waals surface area contributed by atoms with E-state index in [1.54, 1.807) is 0 Å². The lowest BCUT2D eigenvalue weighted by atomic mass is 10.1. The molecule has 0 aromatic rings. The number of guanidine groups is 1. The van der Waals surface area contributed by atoms with Crippen molar-refractivity contribution in [2.45, 2.75) is 39.0 Å². The van der Waals surface area contributed by atoms with Gasteiger partial charge in [0.15, 0.2) is 0 Å². The number of piperidine rings is 1. The third kappa shape index (κ3) is 7.87. The Balaban J connectivity index is 2.15. The zero-order valence-corrected chi connectivity index (χ0v) is 13.1. The summed E-state index contributed by atoms with van der Waals surface area (Å²) < 4.78 is 5.24. The molecular formula is C14H29N5O2. The van der Waals surface area contributed by atoms with Gasteiger partial charge in [0.1, 0.15) is 0 Å². The number of rotatable bonds is 8. The first kappa shape index (κ1) is 17.7. The first-order valence-corrected chi connectivity index (χ1v) is 7.88. The first-order valence-electron chi connectivity index (χ1n) is 7.88. The molecule has 1 aliphatic rings. The number of aliphatic imine (C=N–C) groups is 1. The first-order chi connectivity index (χ1) is 10.3. The summed E-state index contributed by atoms with van der Waals surface area (Å²) >= 11 is 0. The van der Waals surface area contributed by atoms with Crippen LogP contribution in [0.3, 0.4) is 0 Å². The van der Waals surface area contributed by atoms with Crippen LogP contribution < -0.4 is 16.6 Å². The Morgan fingerprint density at radius 1 is 1.33 bits per heavy atom. The van der Waals surface area contributed by atoms with Crippen LogP contribution in [-0.4, -0.2) is 56.2 Å². The molecule has 0 aliphatic carbocycles. The Morgan fingerprint density at radius 2 is 2.10 bits per heavy atom. The summed E-state index contributed by atoms with van der Waals surface area (Å²) in [6, 6.07) is 0. The number of amides is 1. The fourth-order valence-electron chi connectivity index (χ4n) is 2.24. The lowest BCUT2D eigenvalue weighted by Gasteiger charge is -2.26. The van der Waals surface area contributed by atoms with E-state index in [1.807, 2.05) is 11.8 Å². The summed E-state index contributed by atoms with van der Waals surface area (Å²) in [5, 5.41) is 3.06. The molecule has 0 saturated carbocycles. The van der Waals surface area contributed by atoms with Gasteiger partial charge in [-0.05, 0) is 32.6 Å². The molecule has 122 valence electrons. The minimum Gasteiger partial charge on any atom is -0.382 e. The average Bonchev–Trinajstić information content (AvgIpc) is 2.53. The summed E-state index contributed by atoms with van der Waals surface area (Å²) in [7, 11) is 0. The number of hydrazine groups is 1. The van der Waals surface area contributed by atoms with Gasteiger partial charge >= 0.3 is 0 Å². The molecule has 0 bridgehead atoms. The van der Waals surface area contributed by atoms with Gasteiger partial charge in [-0.3, -0.25) is 15.2 Å². The number of nitrogens with one attached hydrogen (secondary N) is 2. The van der Waals surface area contributed by atoms with Crippen LogP contribution in [0.5, 0.6) is 0 Å². The molecule has 1 rings (SSSR count). The second kappa shape index (κ2) is 11.3. The highest BCUT2D eigenvalue weighted by molar-refractivity contribution is 5.80. The van der Waals surface area contributed by atoms with Crippen molar-refractivity contribution in [3.05, 3.63) is 0 Å². The van der Waals surface area contributed by atoms with Crippen LogP contribution in [0.25, 0.3) is 0 Å². The van der Waals surface area contributed by atoms with Crippen molar-refractivity contribution in [1.82, 2.24) is 15.6 Å². The second-order valence-electron chi connectivity index (χ2n) is 5.04. The molecule has 0 atom stereocenters. The third-order valence-corrected chi connectivity index (χ3v) is 3.40. The summed E-state index contributed by atoms with van der Waals surface area (Å²) in [5.41, 5.74) is 2.52. The molecule has 0 spiro atoms. The van der Waals surface area contributed by atoms with Gasteiger partial charge in [-0.25, -0.2) is 5.84 Å². The zero-order chi connectivity index (χ0) is 15.3. The molecular weight excluding hydrogens is 270 g/mol. The predicted molar refractivity (Wildman–Crippen MR) is 83.8 cm³/mol. The smallest absolute Gasteiger partial charge is 0.224 e. The molecule has 1 heterocycles. The predicted octanol–water partition coefficient (Wildman–Crippen LogP) is 0.225. The maximum absolute atomic E-state index is 12.0. The molecule has 1 aliphatic heterocycles. The molecule has 7 nitrogen and oxygen atoms in total. The molecule has 1 amide bonds. The number of nitrogens with two attached hydrogens (primary N) is 1. The van der Waals surface area contributed by atoms with Gasteiger partial charge < -0.3 is 15.0 Å². The van der Waals surface area contributed by atoms with E-state index in [4.69, 9.17) is 10.6 Å². The van der Waals surface area contributed by atoms with Gasteiger partial charge in [0, 0.05) is 45.8 Å². The monoisotopic (exact) mass is 299 g/mol. The molecule has 0 radical (unpaired) electrons. The highest BCUT2D eigenvalue weighted by Crippen LogP contribution is 2.09. The number of ether oxygens (including phenoxy) is 1. The van der Waals surface area contributed by atoms with Gasteiger partial charge in [0.25, 0.3) is 0 Å². The van der Waals surface area contributed by atoms with Gasteiger partial charge in [-0.2, -0.15) is 0 Å². The minimum atomic E-state index is 0.204. The number of hydrogen-bond donors (Lipinski definition) is 3. The highest BCUT2D eigenvalue weighted by Gasteiger charge is 2.15. The Bertz CT molecular complexity index is 316. The number of carbonyl (C=O) groups excluding carboxylic acids is 1. The average molecular weight is 299 g/mol. The van der Waals surface area contributed by atoms with E-state index < -0.39 is 0 Å². The van der Waals surface area contributed by atoms with Crippen LogP contribution in [0.4, 0.5) is 0 Å². The molecule has 1 fully saturated rings. The van der Waals surface area contributed by atoms with E-state index in [1.165, 1.54) is 6.42 Å². The van der Waals surface area contributed by atoms with Crippen LogP contribution in [0.1, 0.15) is 39.0 Å². The Hall–Kier alpha value is -1.34. The van der Waals surface area contributed by atoms with Gasteiger partial charge in [0.05, 0.1) is 0 Å². The quantitative estimate of drug-likeness (QED) is 0.196. The number of carbonyl (C=O) groups is 1. The van der Waals surface area contributed by atoms with Gasteiger partial charge in [0.2, 0.25) is 11.9 Å². The highest BCUT2D eigenvalue weighted by atomic mass is 16.5. The van der Waals surface area contributed by atoms with Crippen molar-refractivity contribution < 1.29 is 9.53 Å². The number of likely N-dealkylation sites (tertiary alicyclic amines) is 1. The SMILES string of the molecule is CCOCCCN=C(NN)NCCC(=O)N1CCCCC1. The summed E-state index contributed by atoms with van der Waals surface area (Å²) in [4.78, 5) is 18.2. The van der Waals surface area contributed by atoms with Crippen molar-refractivity contribution in [3.8, 4) is 0 Å². The molecule has 1 saturated heterocycles. The van der Waals surface area contributed by atoms with E-state index in [9.17, 15) is 4.79 Å². The summed E-state index contributed by atoms with van der Waals surface area (Å²) in [5.74, 6) is 6.13. The molecule has 4 N–H and O–H groups in total. The normalized spacial score (nSPS) is 15.9. The van der Waals surface area contributed by atoms with Crippen LogP contribution in [0, 0.1) is 0 Å². The maximum Gasteiger partial charge on any atom is 0.224 e. The summed E-state index contributed by atoms with van der Waals surface area (Å²) in [6.45, 7) is 6.38. The van der Waals surface area contributed by atoms with E-state index in [0.29, 0.717) is 32.1 Å². The van der Waals surface area contributed by atoms with Gasteiger partial charge in [-0.1, -0.05) is 0 Å². The minimum absolute atomic E-state index is 0.204. The topological polar surface area (TPSA) is 92.0 Å². The zero-order valence-electron chi connectivity index (χ0n) is 13.1. The molecule has 0 aromatic carbocycles. The van der Waals surface area contributed by atoms with Crippen molar-refractivity contribution in [2.24, 2.45) is 10.8 Å². The van der Waals surface area contributed by atoms with Crippen molar-refractivity contribution in [1.29, 1.82) is 0 Å². The Labute approximate surface area is 127 Å². The van der Waals surface area contributed by atoms with Crippen LogP contribution in [0.2, 0.25) is 0 Å². The van der Waals surface area contributed by atoms with E-state index in [0.717, 1.165) is 39.0 Å². The van der Waals surface area contributed by atoms with Crippen molar-refractivity contribution >= 4 is 11.9 Å². The van der Waals surface area contributed by atoms with E-state index in [2.05, 4.69) is 15.7 Å². The largest absolute Gasteiger partial charge is 0.382 e. The fourth-order valence-corrected chi connectivity index (χ4v) is 2.24. The van der Waals surface area contributed by atoms with Crippen molar-refractivity contribution in [2.75, 3.05) is 39.4 Å². The van der Waals surface area contributed by atoms with Crippen LogP contribution >= 0.6 is 0 Å². The Kier molecular flexibility index (Phi) is 9.56. The van der Waals surface area contributed by atoms with E-state index >= 15 is 0 Å². The lowest BCUT2D eigenvalue weighted by Crippen LogP contribution is -2.44. The van der Waals surface area contributed by atoms with Gasteiger partial charge in [-0.15, -0.1) is 0 Å². The second-order valence-corrected chi connectivity index (χ2v) is 5.04. The maximum atomic E-state index is 12.0. The molecule has 21 heavy (non-hydrogen) atoms. The fraction of sp³-hybridized carbons (Fsp3) is 0.857. The van der Waals surface area contributed by atoms with Crippen LogP contribution in [-0.2, 0) is 9.53 Å². The third-order valence-electron chi connectivity index (χ3n) is 3.40. The van der Waals surface area contributed by atoms with E-state index in [-0.39, 0.29) is 5.91 Å². The lowest BCUT2D eigenvalue weighted by molar-refractivity contribution is -0.131. The Morgan fingerprint density at radius 3 is 2.76 bits per heavy atom. The molecule has 0 unspecified atom stereocenters.